The summed E-state index contributed by atoms with van der Waals surface area (Å²) in [6.07, 6.45) is 1.43. The van der Waals surface area contributed by atoms with Gasteiger partial charge in [0.1, 0.15) is 12.1 Å². The molecule has 2 aromatic rings. The molecule has 106 valence electrons. The van der Waals surface area contributed by atoms with Crippen LogP contribution in [0, 0.1) is 0 Å². The highest BCUT2D eigenvalue weighted by molar-refractivity contribution is 5.56. The van der Waals surface area contributed by atoms with E-state index in [0.29, 0.717) is 23.2 Å². The Morgan fingerprint density at radius 2 is 2.00 bits per heavy atom. The lowest BCUT2D eigenvalue weighted by Crippen LogP contribution is -2.08. The summed E-state index contributed by atoms with van der Waals surface area (Å²) in [6.45, 7) is 0. The molecular formula is C14H18N4O2. The van der Waals surface area contributed by atoms with Gasteiger partial charge in [0.2, 0.25) is 5.75 Å². The highest BCUT2D eigenvalue weighted by Gasteiger charge is 2.13. The molecule has 1 N–H and O–H groups in total. The van der Waals surface area contributed by atoms with Gasteiger partial charge in [0.25, 0.3) is 5.88 Å². The van der Waals surface area contributed by atoms with Crippen molar-refractivity contribution < 1.29 is 9.47 Å². The van der Waals surface area contributed by atoms with Gasteiger partial charge in [-0.05, 0) is 12.1 Å². The average molecular weight is 274 g/mol. The molecule has 0 saturated heterocycles. The smallest absolute Gasteiger partial charge is 0.268 e. The molecule has 6 heteroatoms. The van der Waals surface area contributed by atoms with E-state index in [1.165, 1.54) is 6.33 Å². The van der Waals surface area contributed by atoms with Gasteiger partial charge in [-0.2, -0.15) is 4.98 Å². The van der Waals surface area contributed by atoms with Crippen molar-refractivity contribution in [3.8, 4) is 17.4 Å². The molecule has 0 aliphatic heterocycles. The number of nitrogens with one attached hydrogen (secondary N) is 1. The van der Waals surface area contributed by atoms with Crippen LogP contribution in [0.4, 0.5) is 11.5 Å². The summed E-state index contributed by atoms with van der Waals surface area (Å²) in [5.41, 5.74) is 1.05. The van der Waals surface area contributed by atoms with E-state index in [0.717, 1.165) is 5.69 Å². The summed E-state index contributed by atoms with van der Waals surface area (Å²) in [5, 5.41) is 2.94. The van der Waals surface area contributed by atoms with Gasteiger partial charge in [0.05, 0.1) is 7.11 Å². The van der Waals surface area contributed by atoms with Crippen molar-refractivity contribution in [2.24, 2.45) is 0 Å². The van der Waals surface area contributed by atoms with Crippen LogP contribution in [0.2, 0.25) is 0 Å². The fraction of sp³-hybridized carbons (Fsp3) is 0.286. The number of benzene rings is 1. The van der Waals surface area contributed by atoms with Gasteiger partial charge in [0, 0.05) is 32.9 Å². The minimum absolute atomic E-state index is 0.378. The Hall–Kier alpha value is -2.50. The second-order valence-corrected chi connectivity index (χ2v) is 4.30. The summed E-state index contributed by atoms with van der Waals surface area (Å²) in [6, 6.07) is 7.73. The molecule has 1 aromatic carbocycles. The predicted octanol–water partition coefficient (Wildman–Crippen LogP) is 2.39. The van der Waals surface area contributed by atoms with Crippen molar-refractivity contribution >= 4 is 11.5 Å². The first-order chi connectivity index (χ1) is 9.65. The number of methoxy groups -OCH3 is 1. The molecule has 0 atom stereocenters. The number of aromatic nitrogens is 2. The molecule has 0 aliphatic rings. The quantitative estimate of drug-likeness (QED) is 0.903. The van der Waals surface area contributed by atoms with E-state index in [2.05, 4.69) is 15.3 Å². The van der Waals surface area contributed by atoms with Crippen LogP contribution in [0.15, 0.2) is 30.6 Å². The third-order valence-electron chi connectivity index (χ3n) is 2.76. The monoisotopic (exact) mass is 274 g/mol. The van der Waals surface area contributed by atoms with Crippen molar-refractivity contribution in [3.63, 3.8) is 0 Å². The molecule has 0 fully saturated rings. The van der Waals surface area contributed by atoms with Crippen molar-refractivity contribution in [2.75, 3.05) is 38.5 Å². The van der Waals surface area contributed by atoms with Gasteiger partial charge in [-0.1, -0.05) is 6.07 Å². The first kappa shape index (κ1) is 13.9. The number of nitrogens with zero attached hydrogens (tertiary/aromatic N) is 3. The Morgan fingerprint density at radius 1 is 1.20 bits per heavy atom. The third-order valence-corrected chi connectivity index (χ3v) is 2.76. The molecular weight excluding hydrogens is 256 g/mol. The number of anilines is 2. The van der Waals surface area contributed by atoms with Crippen LogP contribution in [-0.4, -0.2) is 38.2 Å². The Balaban J connectivity index is 2.32. The molecule has 1 heterocycles. The zero-order valence-corrected chi connectivity index (χ0v) is 12.0. The van der Waals surface area contributed by atoms with E-state index < -0.39 is 0 Å². The van der Waals surface area contributed by atoms with Crippen LogP contribution in [-0.2, 0) is 0 Å². The molecule has 0 radical (unpaired) electrons. The summed E-state index contributed by atoms with van der Waals surface area (Å²) >= 11 is 0. The minimum atomic E-state index is 0.378. The Bertz CT molecular complexity index is 587. The molecule has 20 heavy (non-hydrogen) atoms. The predicted molar refractivity (Wildman–Crippen MR) is 79.0 cm³/mol. The lowest BCUT2D eigenvalue weighted by atomic mass is 10.3. The number of ether oxygens (including phenoxy) is 2. The maximum absolute atomic E-state index is 5.79. The van der Waals surface area contributed by atoms with E-state index >= 15 is 0 Å². The van der Waals surface area contributed by atoms with Crippen LogP contribution < -0.4 is 19.7 Å². The van der Waals surface area contributed by atoms with E-state index in [9.17, 15) is 0 Å². The van der Waals surface area contributed by atoms with Crippen molar-refractivity contribution in [1.82, 2.24) is 9.97 Å². The lowest BCUT2D eigenvalue weighted by molar-refractivity contribution is 0.369. The molecule has 0 bridgehead atoms. The second-order valence-electron chi connectivity index (χ2n) is 4.30. The first-order valence-electron chi connectivity index (χ1n) is 6.17. The first-order valence-corrected chi connectivity index (χ1v) is 6.17. The molecule has 1 aromatic heterocycles. The molecule has 0 unspecified atom stereocenters. The van der Waals surface area contributed by atoms with E-state index in [1.54, 1.807) is 14.2 Å². The number of hydrogen-bond acceptors (Lipinski definition) is 6. The standard InChI is InChI=1S/C14H18N4O2/c1-15-13-12(19-4)14(17-9-16-13)20-11-7-5-6-10(8-11)18(2)3/h5-9H,1-4H3,(H,15,16,17). The summed E-state index contributed by atoms with van der Waals surface area (Å²) < 4.78 is 11.1. The molecule has 2 rings (SSSR count). The van der Waals surface area contributed by atoms with Crippen LogP contribution >= 0.6 is 0 Å². The second kappa shape index (κ2) is 6.10. The van der Waals surface area contributed by atoms with Crippen LogP contribution in [0.3, 0.4) is 0 Å². The maximum Gasteiger partial charge on any atom is 0.268 e. The van der Waals surface area contributed by atoms with Crippen LogP contribution in [0.25, 0.3) is 0 Å². The molecule has 0 saturated carbocycles. The summed E-state index contributed by atoms with van der Waals surface area (Å²) in [4.78, 5) is 10.2. The van der Waals surface area contributed by atoms with Gasteiger partial charge in [-0.25, -0.2) is 4.98 Å². The zero-order chi connectivity index (χ0) is 14.5. The molecule has 0 aliphatic carbocycles. The SMILES string of the molecule is CNc1ncnc(Oc2cccc(N(C)C)c2)c1OC. The fourth-order valence-corrected chi connectivity index (χ4v) is 1.73. The fourth-order valence-electron chi connectivity index (χ4n) is 1.73. The Kier molecular flexibility index (Phi) is 4.24. The van der Waals surface area contributed by atoms with Gasteiger partial charge < -0.3 is 19.7 Å². The Morgan fingerprint density at radius 3 is 2.65 bits per heavy atom. The largest absolute Gasteiger partial charge is 0.489 e. The van der Waals surface area contributed by atoms with Crippen molar-refractivity contribution in [2.45, 2.75) is 0 Å². The maximum atomic E-state index is 5.79. The third kappa shape index (κ3) is 2.90. The minimum Gasteiger partial charge on any atom is -0.489 e. The number of hydrogen-bond donors (Lipinski definition) is 1. The summed E-state index contributed by atoms with van der Waals surface area (Å²) in [7, 11) is 7.27. The zero-order valence-electron chi connectivity index (χ0n) is 12.0. The van der Waals surface area contributed by atoms with Gasteiger partial charge in [0.15, 0.2) is 5.82 Å². The average Bonchev–Trinajstić information content (AvgIpc) is 2.47. The molecule has 0 amide bonds. The van der Waals surface area contributed by atoms with Crippen LogP contribution in [0.5, 0.6) is 17.4 Å². The lowest BCUT2D eigenvalue weighted by Gasteiger charge is -2.15. The van der Waals surface area contributed by atoms with E-state index in [1.807, 2.05) is 43.3 Å². The van der Waals surface area contributed by atoms with Crippen molar-refractivity contribution in [1.29, 1.82) is 0 Å². The topological polar surface area (TPSA) is 59.5 Å². The number of rotatable bonds is 5. The molecule has 6 nitrogen and oxygen atoms in total. The molecule has 0 spiro atoms. The summed E-state index contributed by atoms with van der Waals surface area (Å²) in [5.74, 6) is 2.13. The van der Waals surface area contributed by atoms with Gasteiger partial charge in [-0.15, -0.1) is 0 Å². The highest BCUT2D eigenvalue weighted by atomic mass is 16.5. The van der Waals surface area contributed by atoms with E-state index in [4.69, 9.17) is 9.47 Å². The highest BCUT2D eigenvalue weighted by Crippen LogP contribution is 2.34. The van der Waals surface area contributed by atoms with Crippen molar-refractivity contribution in [3.05, 3.63) is 30.6 Å². The normalized spacial score (nSPS) is 10.0. The Labute approximate surface area is 118 Å². The van der Waals surface area contributed by atoms with Crippen LogP contribution in [0.1, 0.15) is 0 Å². The van der Waals surface area contributed by atoms with Gasteiger partial charge in [-0.3, -0.25) is 0 Å². The van der Waals surface area contributed by atoms with E-state index in [-0.39, 0.29) is 0 Å². The van der Waals surface area contributed by atoms with Gasteiger partial charge >= 0.3 is 0 Å².